The van der Waals surface area contributed by atoms with Gasteiger partial charge in [-0.1, -0.05) is 41.0 Å². The first kappa shape index (κ1) is 17.9. The van der Waals surface area contributed by atoms with Crippen LogP contribution >= 0.6 is 35.0 Å². The van der Waals surface area contributed by atoms with E-state index in [2.05, 4.69) is 15.3 Å². The van der Waals surface area contributed by atoms with Gasteiger partial charge in [0.05, 0.1) is 33.9 Å². The molecule has 0 aliphatic rings. The molecule has 1 amide bonds. The molecule has 2 aromatic carbocycles. The average Bonchev–Trinajstić information content (AvgIpc) is 3.00. The van der Waals surface area contributed by atoms with Gasteiger partial charge in [0.2, 0.25) is 5.91 Å². The molecule has 0 saturated heterocycles. The van der Waals surface area contributed by atoms with Crippen molar-refractivity contribution in [3.8, 4) is 5.75 Å². The van der Waals surface area contributed by atoms with Gasteiger partial charge in [0.1, 0.15) is 5.75 Å². The van der Waals surface area contributed by atoms with Gasteiger partial charge in [0.25, 0.3) is 0 Å². The zero-order chi connectivity index (χ0) is 17.8. The highest BCUT2D eigenvalue weighted by Gasteiger charge is 2.10. The second kappa shape index (κ2) is 7.99. The summed E-state index contributed by atoms with van der Waals surface area (Å²) in [5, 5.41) is 4.33. The molecule has 0 spiro atoms. The lowest BCUT2D eigenvalue weighted by molar-refractivity contribution is -0.115. The number of hydrogen-bond donors (Lipinski definition) is 2. The lowest BCUT2D eigenvalue weighted by Gasteiger charge is -2.08. The zero-order valence-corrected chi connectivity index (χ0v) is 15.6. The standard InChI is InChI=1S/C17H15Cl2N3O2S/c1-24-10-5-6-13-14(9-10)21-17(20-13)25-8-7-15(23)22-16-11(18)3-2-4-12(16)19/h2-6,9H,7-8H2,1H3,(H,20,21)(H,22,23). The third-order valence-electron chi connectivity index (χ3n) is 3.46. The van der Waals surface area contributed by atoms with Gasteiger partial charge in [0, 0.05) is 18.2 Å². The van der Waals surface area contributed by atoms with E-state index >= 15 is 0 Å². The number of rotatable bonds is 6. The van der Waals surface area contributed by atoms with Crippen LogP contribution in [0, 0.1) is 0 Å². The summed E-state index contributed by atoms with van der Waals surface area (Å²) >= 11 is 13.6. The van der Waals surface area contributed by atoms with Crippen molar-refractivity contribution in [1.82, 2.24) is 9.97 Å². The SMILES string of the molecule is COc1ccc2nc(SCCC(=O)Nc3c(Cl)cccc3Cl)[nH]c2c1. The van der Waals surface area contributed by atoms with Gasteiger partial charge in [0.15, 0.2) is 5.16 Å². The first-order valence-corrected chi connectivity index (χ1v) is 9.21. The van der Waals surface area contributed by atoms with Crippen LogP contribution in [0.5, 0.6) is 5.75 Å². The van der Waals surface area contributed by atoms with Crippen molar-refractivity contribution in [3.05, 3.63) is 46.4 Å². The number of nitrogens with one attached hydrogen (secondary N) is 2. The fourth-order valence-corrected chi connectivity index (χ4v) is 3.54. The Hall–Kier alpha value is -1.89. The number of nitrogens with zero attached hydrogens (tertiary/aromatic N) is 1. The summed E-state index contributed by atoms with van der Waals surface area (Å²) in [7, 11) is 1.62. The Bertz CT molecular complexity index is 894. The highest BCUT2D eigenvalue weighted by molar-refractivity contribution is 7.99. The van der Waals surface area contributed by atoms with Gasteiger partial charge in [-0.05, 0) is 24.3 Å². The van der Waals surface area contributed by atoms with E-state index in [1.807, 2.05) is 18.2 Å². The molecule has 130 valence electrons. The third kappa shape index (κ3) is 4.39. The summed E-state index contributed by atoms with van der Waals surface area (Å²) in [6, 6.07) is 10.7. The van der Waals surface area contributed by atoms with E-state index < -0.39 is 0 Å². The van der Waals surface area contributed by atoms with E-state index in [4.69, 9.17) is 27.9 Å². The molecule has 25 heavy (non-hydrogen) atoms. The van der Waals surface area contributed by atoms with Crippen LogP contribution in [-0.4, -0.2) is 28.7 Å². The Balaban J connectivity index is 1.56. The van der Waals surface area contributed by atoms with Crippen molar-refractivity contribution in [2.45, 2.75) is 11.6 Å². The van der Waals surface area contributed by atoms with Gasteiger partial charge >= 0.3 is 0 Å². The van der Waals surface area contributed by atoms with Crippen molar-refractivity contribution >= 4 is 57.6 Å². The van der Waals surface area contributed by atoms with E-state index in [-0.39, 0.29) is 5.91 Å². The number of aromatic amines is 1. The number of halogens is 2. The van der Waals surface area contributed by atoms with Gasteiger partial charge in [-0.25, -0.2) is 4.98 Å². The summed E-state index contributed by atoms with van der Waals surface area (Å²) in [4.78, 5) is 19.8. The summed E-state index contributed by atoms with van der Waals surface area (Å²) in [5.74, 6) is 1.19. The molecule has 0 aliphatic carbocycles. The van der Waals surface area contributed by atoms with Crippen LogP contribution in [0.3, 0.4) is 0 Å². The van der Waals surface area contributed by atoms with Crippen LogP contribution in [0.25, 0.3) is 11.0 Å². The minimum Gasteiger partial charge on any atom is -0.497 e. The van der Waals surface area contributed by atoms with E-state index in [0.29, 0.717) is 27.9 Å². The number of H-pyrrole nitrogens is 1. The molecule has 1 heterocycles. The number of para-hydroxylation sites is 1. The zero-order valence-electron chi connectivity index (χ0n) is 13.3. The fourth-order valence-electron chi connectivity index (χ4n) is 2.22. The molecular weight excluding hydrogens is 381 g/mol. The lowest BCUT2D eigenvalue weighted by atomic mass is 10.3. The molecule has 0 unspecified atom stereocenters. The highest BCUT2D eigenvalue weighted by atomic mass is 35.5. The van der Waals surface area contributed by atoms with Crippen LogP contribution in [0.4, 0.5) is 5.69 Å². The van der Waals surface area contributed by atoms with E-state index in [9.17, 15) is 4.79 Å². The molecule has 5 nitrogen and oxygen atoms in total. The summed E-state index contributed by atoms with van der Waals surface area (Å²) in [6.45, 7) is 0. The number of anilines is 1. The van der Waals surface area contributed by atoms with Crippen molar-refractivity contribution < 1.29 is 9.53 Å². The Morgan fingerprint density at radius 2 is 2.04 bits per heavy atom. The molecule has 1 aromatic heterocycles. The Morgan fingerprint density at radius 1 is 1.28 bits per heavy atom. The van der Waals surface area contributed by atoms with E-state index in [0.717, 1.165) is 21.9 Å². The molecule has 0 atom stereocenters. The Morgan fingerprint density at radius 3 is 2.76 bits per heavy atom. The first-order valence-electron chi connectivity index (χ1n) is 7.47. The molecule has 8 heteroatoms. The summed E-state index contributed by atoms with van der Waals surface area (Å²) in [5.41, 5.74) is 2.20. The molecule has 0 saturated carbocycles. The second-order valence-corrected chi connectivity index (χ2v) is 7.07. The number of ether oxygens (including phenoxy) is 1. The molecule has 0 bridgehead atoms. The number of aromatic nitrogens is 2. The Labute approximate surface area is 159 Å². The number of benzene rings is 2. The molecule has 0 aliphatic heterocycles. The third-order valence-corrected chi connectivity index (χ3v) is 4.97. The number of amides is 1. The van der Waals surface area contributed by atoms with Gasteiger partial charge < -0.3 is 15.0 Å². The number of thioether (sulfide) groups is 1. The van der Waals surface area contributed by atoms with Crippen molar-refractivity contribution in [2.24, 2.45) is 0 Å². The van der Waals surface area contributed by atoms with Crippen LogP contribution < -0.4 is 10.1 Å². The van der Waals surface area contributed by atoms with Crippen LogP contribution in [-0.2, 0) is 4.79 Å². The maximum Gasteiger partial charge on any atom is 0.225 e. The first-order chi connectivity index (χ1) is 12.1. The largest absolute Gasteiger partial charge is 0.497 e. The summed E-state index contributed by atoms with van der Waals surface area (Å²) < 4.78 is 5.19. The monoisotopic (exact) mass is 395 g/mol. The number of imidazole rings is 1. The molecular formula is C17H15Cl2N3O2S. The van der Waals surface area contributed by atoms with Crippen LogP contribution in [0.15, 0.2) is 41.6 Å². The van der Waals surface area contributed by atoms with Gasteiger partial charge in [-0.3, -0.25) is 4.79 Å². The quantitative estimate of drug-likeness (QED) is 0.576. The molecule has 0 radical (unpaired) electrons. The van der Waals surface area contributed by atoms with Crippen molar-refractivity contribution in [1.29, 1.82) is 0 Å². The second-order valence-electron chi connectivity index (χ2n) is 5.17. The van der Waals surface area contributed by atoms with E-state index in [1.165, 1.54) is 11.8 Å². The maximum absolute atomic E-state index is 12.1. The fraction of sp³-hybridized carbons (Fsp3) is 0.176. The topological polar surface area (TPSA) is 67.0 Å². The minimum atomic E-state index is -0.153. The Kier molecular flexibility index (Phi) is 5.73. The molecule has 3 rings (SSSR count). The molecule has 3 aromatic rings. The minimum absolute atomic E-state index is 0.153. The smallest absolute Gasteiger partial charge is 0.225 e. The van der Waals surface area contributed by atoms with Crippen LogP contribution in [0.2, 0.25) is 10.0 Å². The number of methoxy groups -OCH3 is 1. The summed E-state index contributed by atoms with van der Waals surface area (Å²) in [6.07, 6.45) is 0.312. The van der Waals surface area contributed by atoms with E-state index in [1.54, 1.807) is 25.3 Å². The predicted molar refractivity (Wildman–Crippen MR) is 103 cm³/mol. The number of fused-ring (bicyclic) bond motifs is 1. The predicted octanol–water partition coefficient (Wildman–Crippen LogP) is 5.00. The highest BCUT2D eigenvalue weighted by Crippen LogP contribution is 2.30. The normalized spacial score (nSPS) is 10.8. The molecule has 2 N–H and O–H groups in total. The number of hydrogen-bond acceptors (Lipinski definition) is 4. The van der Waals surface area contributed by atoms with Crippen LogP contribution in [0.1, 0.15) is 6.42 Å². The average molecular weight is 396 g/mol. The van der Waals surface area contributed by atoms with Gasteiger partial charge in [-0.15, -0.1) is 0 Å². The van der Waals surface area contributed by atoms with Crippen molar-refractivity contribution in [3.63, 3.8) is 0 Å². The maximum atomic E-state index is 12.1. The number of carbonyl (C=O) groups excluding carboxylic acids is 1. The molecule has 0 fully saturated rings. The van der Waals surface area contributed by atoms with Crippen molar-refractivity contribution in [2.75, 3.05) is 18.2 Å². The van der Waals surface area contributed by atoms with Gasteiger partial charge in [-0.2, -0.15) is 0 Å². The number of carbonyl (C=O) groups is 1. The lowest BCUT2D eigenvalue weighted by Crippen LogP contribution is -2.12.